The minimum atomic E-state index is -0.255. The molecule has 0 N–H and O–H groups in total. The lowest BCUT2D eigenvalue weighted by Gasteiger charge is -2.34. The fourth-order valence-corrected chi connectivity index (χ4v) is 4.34. The first-order valence-electron chi connectivity index (χ1n) is 7.68. The standard InChI is InChI=1S/C19H19FN2/c1-11-9-14-13-10-16(12-7-5-6-8-15(12)20)21-22-17(13)19(11,4)18(14,2)3/h5-8,10,14H,1,9H2,2-4H3. The van der Waals surface area contributed by atoms with E-state index in [1.165, 1.54) is 17.2 Å². The molecule has 2 unspecified atom stereocenters. The maximum atomic E-state index is 14.0. The van der Waals surface area contributed by atoms with Crippen LogP contribution >= 0.6 is 0 Å². The Morgan fingerprint density at radius 3 is 2.64 bits per heavy atom. The van der Waals surface area contributed by atoms with Gasteiger partial charge in [-0.3, -0.25) is 0 Å². The zero-order chi connectivity index (χ0) is 15.7. The van der Waals surface area contributed by atoms with Gasteiger partial charge in [-0.15, -0.1) is 0 Å². The molecule has 1 aromatic heterocycles. The summed E-state index contributed by atoms with van der Waals surface area (Å²) in [7, 11) is 0. The van der Waals surface area contributed by atoms with Crippen LogP contribution in [0.1, 0.15) is 44.4 Å². The van der Waals surface area contributed by atoms with E-state index in [9.17, 15) is 4.39 Å². The van der Waals surface area contributed by atoms with Crippen LogP contribution in [-0.4, -0.2) is 10.2 Å². The molecule has 1 heterocycles. The molecule has 4 rings (SSSR count). The third kappa shape index (κ3) is 1.39. The highest BCUT2D eigenvalue weighted by Crippen LogP contribution is 2.68. The van der Waals surface area contributed by atoms with Gasteiger partial charge < -0.3 is 0 Å². The molecule has 0 saturated heterocycles. The first-order valence-corrected chi connectivity index (χ1v) is 7.68. The summed E-state index contributed by atoms with van der Waals surface area (Å²) < 4.78 is 14.0. The zero-order valence-electron chi connectivity index (χ0n) is 13.2. The molecule has 2 aliphatic rings. The molecule has 112 valence electrons. The summed E-state index contributed by atoms with van der Waals surface area (Å²) in [5.41, 5.74) is 4.56. The van der Waals surface area contributed by atoms with Gasteiger partial charge in [0.1, 0.15) is 5.82 Å². The number of rotatable bonds is 1. The van der Waals surface area contributed by atoms with Crippen LogP contribution in [0.5, 0.6) is 0 Å². The summed E-state index contributed by atoms with van der Waals surface area (Å²) in [6.45, 7) is 11.0. The summed E-state index contributed by atoms with van der Waals surface area (Å²) in [6.07, 6.45) is 0.985. The molecule has 1 fully saturated rings. The number of hydrogen-bond acceptors (Lipinski definition) is 2. The Balaban J connectivity index is 1.92. The highest BCUT2D eigenvalue weighted by molar-refractivity contribution is 5.63. The highest BCUT2D eigenvalue weighted by Gasteiger charge is 2.62. The number of benzene rings is 1. The first-order chi connectivity index (χ1) is 10.4. The van der Waals surface area contributed by atoms with Crippen molar-refractivity contribution in [2.75, 3.05) is 0 Å². The van der Waals surface area contributed by atoms with Crippen LogP contribution < -0.4 is 0 Å². The van der Waals surface area contributed by atoms with Crippen LogP contribution in [0.4, 0.5) is 4.39 Å². The van der Waals surface area contributed by atoms with Crippen molar-refractivity contribution in [3.63, 3.8) is 0 Å². The smallest absolute Gasteiger partial charge is 0.132 e. The molecule has 22 heavy (non-hydrogen) atoms. The predicted molar refractivity (Wildman–Crippen MR) is 85.1 cm³/mol. The fourth-order valence-electron chi connectivity index (χ4n) is 4.34. The molecule has 0 amide bonds. The average molecular weight is 294 g/mol. The van der Waals surface area contributed by atoms with Crippen molar-refractivity contribution in [1.82, 2.24) is 10.2 Å². The van der Waals surface area contributed by atoms with Gasteiger partial charge in [0.2, 0.25) is 0 Å². The minimum Gasteiger partial charge on any atom is -0.206 e. The highest BCUT2D eigenvalue weighted by atomic mass is 19.1. The molecule has 1 aromatic carbocycles. The molecule has 2 bridgehead atoms. The van der Waals surface area contributed by atoms with Crippen molar-refractivity contribution in [2.24, 2.45) is 5.41 Å². The Morgan fingerprint density at radius 1 is 1.18 bits per heavy atom. The maximum absolute atomic E-state index is 14.0. The lowest BCUT2D eigenvalue weighted by molar-refractivity contribution is 0.248. The van der Waals surface area contributed by atoms with E-state index in [1.807, 2.05) is 12.1 Å². The van der Waals surface area contributed by atoms with Gasteiger partial charge in [-0.1, -0.05) is 38.1 Å². The number of allylic oxidation sites excluding steroid dienone is 1. The van der Waals surface area contributed by atoms with E-state index in [0.717, 1.165) is 12.1 Å². The monoisotopic (exact) mass is 294 g/mol. The lowest BCUT2D eigenvalue weighted by atomic mass is 9.68. The number of fused-ring (bicyclic) bond motifs is 5. The van der Waals surface area contributed by atoms with E-state index >= 15 is 0 Å². The van der Waals surface area contributed by atoms with Crippen molar-refractivity contribution in [3.05, 3.63) is 59.6 Å². The van der Waals surface area contributed by atoms with E-state index < -0.39 is 0 Å². The van der Waals surface area contributed by atoms with Crippen LogP contribution in [-0.2, 0) is 5.41 Å². The van der Waals surface area contributed by atoms with Gasteiger partial charge in [0.25, 0.3) is 0 Å². The second kappa shape index (κ2) is 4.03. The average Bonchev–Trinajstić information content (AvgIpc) is 2.77. The maximum Gasteiger partial charge on any atom is 0.132 e. The Hall–Kier alpha value is -2.03. The van der Waals surface area contributed by atoms with Crippen LogP contribution in [0.3, 0.4) is 0 Å². The third-order valence-electron chi connectivity index (χ3n) is 6.14. The molecule has 2 atom stereocenters. The van der Waals surface area contributed by atoms with Crippen molar-refractivity contribution >= 4 is 0 Å². The SMILES string of the molecule is C=C1CC2c3cc(-c4ccccc4F)nnc3C1(C)C2(C)C. The van der Waals surface area contributed by atoms with Gasteiger partial charge in [0.05, 0.1) is 11.4 Å². The minimum absolute atomic E-state index is 0.0783. The Labute approximate surface area is 130 Å². The molecular weight excluding hydrogens is 275 g/mol. The second-order valence-electron chi connectivity index (χ2n) is 7.22. The van der Waals surface area contributed by atoms with Gasteiger partial charge in [-0.05, 0) is 48.4 Å². The van der Waals surface area contributed by atoms with Crippen LogP contribution in [0.15, 0.2) is 42.5 Å². The molecule has 2 nitrogen and oxygen atoms in total. The molecule has 0 radical (unpaired) electrons. The largest absolute Gasteiger partial charge is 0.206 e. The molecule has 0 spiro atoms. The van der Waals surface area contributed by atoms with Gasteiger partial charge in [0.15, 0.2) is 0 Å². The van der Waals surface area contributed by atoms with Crippen LogP contribution in [0, 0.1) is 11.2 Å². The number of aromatic nitrogens is 2. The van der Waals surface area contributed by atoms with Gasteiger partial charge in [0, 0.05) is 11.0 Å². The van der Waals surface area contributed by atoms with E-state index in [-0.39, 0.29) is 16.6 Å². The quantitative estimate of drug-likeness (QED) is 0.717. The molecular formula is C19H19FN2. The summed E-state index contributed by atoms with van der Waals surface area (Å²) in [5.74, 6) is 0.135. The summed E-state index contributed by atoms with van der Waals surface area (Å²) in [6, 6.07) is 8.77. The van der Waals surface area contributed by atoms with E-state index in [1.54, 1.807) is 12.1 Å². The predicted octanol–water partition coefficient (Wildman–Crippen LogP) is 4.62. The van der Waals surface area contributed by atoms with Crippen molar-refractivity contribution in [1.29, 1.82) is 0 Å². The summed E-state index contributed by atoms with van der Waals surface area (Å²) >= 11 is 0. The number of nitrogens with zero attached hydrogens (tertiary/aromatic N) is 2. The Morgan fingerprint density at radius 2 is 1.91 bits per heavy atom. The normalized spacial score (nSPS) is 28.0. The first kappa shape index (κ1) is 13.6. The topological polar surface area (TPSA) is 25.8 Å². The summed E-state index contributed by atoms with van der Waals surface area (Å²) in [4.78, 5) is 0. The van der Waals surface area contributed by atoms with E-state index in [0.29, 0.717) is 17.2 Å². The molecule has 2 aliphatic carbocycles. The molecule has 2 aromatic rings. The number of hydrogen-bond donors (Lipinski definition) is 0. The van der Waals surface area contributed by atoms with Gasteiger partial charge >= 0.3 is 0 Å². The van der Waals surface area contributed by atoms with Crippen molar-refractivity contribution in [2.45, 2.75) is 38.5 Å². The molecule has 3 heteroatoms. The van der Waals surface area contributed by atoms with Crippen LogP contribution in [0.2, 0.25) is 0 Å². The lowest BCUT2D eigenvalue weighted by Crippen LogP contribution is -2.33. The zero-order valence-corrected chi connectivity index (χ0v) is 13.2. The fraction of sp³-hybridized carbons (Fsp3) is 0.368. The van der Waals surface area contributed by atoms with Gasteiger partial charge in [-0.25, -0.2) is 4.39 Å². The third-order valence-corrected chi connectivity index (χ3v) is 6.14. The Bertz CT molecular complexity index is 809. The van der Waals surface area contributed by atoms with Crippen molar-refractivity contribution < 1.29 is 4.39 Å². The number of halogens is 1. The Kier molecular flexibility index (Phi) is 2.50. The van der Waals surface area contributed by atoms with Gasteiger partial charge in [-0.2, -0.15) is 10.2 Å². The molecule has 0 aliphatic heterocycles. The molecule has 1 saturated carbocycles. The van der Waals surface area contributed by atoms with E-state index in [4.69, 9.17) is 0 Å². The second-order valence-corrected chi connectivity index (χ2v) is 7.22. The van der Waals surface area contributed by atoms with E-state index in [2.05, 4.69) is 37.5 Å². The van der Waals surface area contributed by atoms with Crippen LogP contribution in [0.25, 0.3) is 11.3 Å². The van der Waals surface area contributed by atoms with Crippen molar-refractivity contribution in [3.8, 4) is 11.3 Å². The summed E-state index contributed by atoms with van der Waals surface area (Å²) in [5, 5.41) is 8.81.